The minimum atomic E-state index is 0.773. The molecule has 0 aliphatic carbocycles. The van der Waals surface area contributed by atoms with E-state index < -0.39 is 0 Å². The highest BCUT2D eigenvalue weighted by molar-refractivity contribution is 4.88. The fourth-order valence-corrected chi connectivity index (χ4v) is 1.22. The molecule has 70 valence electrons. The van der Waals surface area contributed by atoms with Crippen LogP contribution in [-0.2, 0) is 0 Å². The molecular weight excluding hydrogens is 144 g/mol. The first-order valence-corrected chi connectivity index (χ1v) is 5.12. The highest BCUT2D eigenvalue weighted by Gasteiger charge is 1.98. The van der Waals surface area contributed by atoms with Gasteiger partial charge in [0.15, 0.2) is 0 Å². The molecule has 0 aliphatic rings. The van der Waals surface area contributed by atoms with Crippen molar-refractivity contribution in [2.24, 2.45) is 5.92 Å². The van der Waals surface area contributed by atoms with Crippen LogP contribution in [0, 0.1) is 5.92 Å². The maximum Gasteiger partial charge on any atom is -0.0233 e. The Bertz CT molecular complexity index is 122. The van der Waals surface area contributed by atoms with Crippen molar-refractivity contribution in [3.05, 3.63) is 24.8 Å². The van der Waals surface area contributed by atoms with E-state index in [1.165, 1.54) is 25.7 Å². The largest absolute Gasteiger partial charge is 0.103 e. The Morgan fingerprint density at radius 2 is 2.00 bits per heavy atom. The lowest BCUT2D eigenvalue weighted by molar-refractivity contribution is 0.577. The van der Waals surface area contributed by atoms with Crippen molar-refractivity contribution >= 4 is 0 Å². The summed E-state index contributed by atoms with van der Waals surface area (Å²) in [7, 11) is 0. The molecule has 0 fully saturated rings. The first-order valence-electron chi connectivity index (χ1n) is 5.12. The van der Waals surface area contributed by atoms with E-state index in [0.29, 0.717) is 0 Å². The van der Waals surface area contributed by atoms with Gasteiger partial charge in [-0.2, -0.15) is 0 Å². The molecule has 0 radical (unpaired) electrons. The molecule has 0 N–H and O–H groups in total. The van der Waals surface area contributed by atoms with Crippen LogP contribution >= 0.6 is 0 Å². The summed E-state index contributed by atoms with van der Waals surface area (Å²) in [6.45, 7) is 8.21. The topological polar surface area (TPSA) is 0 Å². The van der Waals surface area contributed by atoms with E-state index in [9.17, 15) is 0 Å². The molecule has 0 amide bonds. The third kappa shape index (κ3) is 6.21. The average molecular weight is 166 g/mol. The molecule has 0 bridgehead atoms. The average Bonchev–Trinajstić information content (AvgIpc) is 2.11. The fraction of sp³-hybridized carbons (Fsp3) is 0.667. The molecule has 0 rings (SSSR count). The molecule has 12 heavy (non-hydrogen) atoms. The second-order valence-corrected chi connectivity index (χ2v) is 3.25. The molecular formula is C12H22. The zero-order valence-corrected chi connectivity index (χ0v) is 8.55. The predicted molar refractivity (Wildman–Crippen MR) is 57.3 cm³/mol. The highest BCUT2D eigenvalue weighted by Crippen LogP contribution is 2.13. The van der Waals surface area contributed by atoms with E-state index in [1.807, 2.05) is 6.08 Å². The van der Waals surface area contributed by atoms with Crippen molar-refractivity contribution < 1.29 is 0 Å². The van der Waals surface area contributed by atoms with Crippen LogP contribution in [0.5, 0.6) is 0 Å². The summed E-state index contributed by atoms with van der Waals surface area (Å²) < 4.78 is 0. The molecule has 0 heteroatoms. The van der Waals surface area contributed by atoms with E-state index in [-0.39, 0.29) is 0 Å². The quantitative estimate of drug-likeness (QED) is 0.494. The van der Waals surface area contributed by atoms with Crippen molar-refractivity contribution in [2.75, 3.05) is 0 Å². The molecule has 0 nitrogen and oxygen atoms in total. The lowest BCUT2D eigenvalue weighted by atomic mass is 9.99. The molecule has 1 atom stereocenters. The highest BCUT2D eigenvalue weighted by atomic mass is 14.0. The van der Waals surface area contributed by atoms with Gasteiger partial charge in [0, 0.05) is 0 Å². The van der Waals surface area contributed by atoms with Crippen LogP contribution in [0.25, 0.3) is 0 Å². The van der Waals surface area contributed by atoms with Gasteiger partial charge in [-0.15, -0.1) is 6.58 Å². The van der Waals surface area contributed by atoms with E-state index >= 15 is 0 Å². The maximum atomic E-state index is 3.74. The minimum Gasteiger partial charge on any atom is -0.103 e. The summed E-state index contributed by atoms with van der Waals surface area (Å²) in [6, 6.07) is 0. The van der Waals surface area contributed by atoms with Gasteiger partial charge in [0.2, 0.25) is 0 Å². The second kappa shape index (κ2) is 8.58. The third-order valence-corrected chi connectivity index (χ3v) is 2.13. The van der Waals surface area contributed by atoms with Crippen molar-refractivity contribution in [3.63, 3.8) is 0 Å². The molecule has 0 aromatic heterocycles. The second-order valence-electron chi connectivity index (χ2n) is 3.25. The van der Waals surface area contributed by atoms with Crippen LogP contribution in [0.1, 0.15) is 46.0 Å². The van der Waals surface area contributed by atoms with Crippen LogP contribution in [-0.4, -0.2) is 0 Å². The molecule has 1 unspecified atom stereocenters. The van der Waals surface area contributed by atoms with Gasteiger partial charge in [-0.3, -0.25) is 0 Å². The van der Waals surface area contributed by atoms with E-state index in [0.717, 1.165) is 12.3 Å². The zero-order valence-electron chi connectivity index (χ0n) is 8.55. The van der Waals surface area contributed by atoms with Gasteiger partial charge in [0.05, 0.1) is 0 Å². The van der Waals surface area contributed by atoms with Gasteiger partial charge in [-0.1, -0.05) is 38.5 Å². The lowest BCUT2D eigenvalue weighted by Gasteiger charge is -2.06. The van der Waals surface area contributed by atoms with Crippen LogP contribution in [0.4, 0.5) is 0 Å². The van der Waals surface area contributed by atoms with Crippen LogP contribution in [0.2, 0.25) is 0 Å². The van der Waals surface area contributed by atoms with Gasteiger partial charge < -0.3 is 0 Å². The van der Waals surface area contributed by atoms with Crippen LogP contribution < -0.4 is 0 Å². The standard InChI is InChI=1S/C12H22/c1-4-7-9-11-12(6-3)10-8-5-2/h5,9,11-12H,2,4,6-8,10H2,1,3H3. The van der Waals surface area contributed by atoms with Gasteiger partial charge in [-0.05, 0) is 31.6 Å². The Labute approximate surface area is 77.4 Å². The zero-order chi connectivity index (χ0) is 9.23. The summed E-state index contributed by atoms with van der Waals surface area (Å²) in [6.07, 6.45) is 12.8. The summed E-state index contributed by atoms with van der Waals surface area (Å²) >= 11 is 0. The summed E-state index contributed by atoms with van der Waals surface area (Å²) in [5.41, 5.74) is 0. The lowest BCUT2D eigenvalue weighted by Crippen LogP contribution is -1.92. The van der Waals surface area contributed by atoms with Gasteiger partial charge in [0.1, 0.15) is 0 Å². The van der Waals surface area contributed by atoms with Crippen molar-refractivity contribution in [3.8, 4) is 0 Å². The SMILES string of the molecule is C=CCCC(C=CCCC)CC. The van der Waals surface area contributed by atoms with E-state index in [1.54, 1.807) is 0 Å². The number of allylic oxidation sites excluding steroid dienone is 3. The normalized spacial score (nSPS) is 13.5. The smallest absolute Gasteiger partial charge is 0.0233 e. The minimum absolute atomic E-state index is 0.773. The van der Waals surface area contributed by atoms with Crippen LogP contribution in [0.3, 0.4) is 0 Å². The van der Waals surface area contributed by atoms with Gasteiger partial charge >= 0.3 is 0 Å². The third-order valence-electron chi connectivity index (χ3n) is 2.13. The van der Waals surface area contributed by atoms with E-state index in [2.05, 4.69) is 32.6 Å². The van der Waals surface area contributed by atoms with Crippen molar-refractivity contribution in [1.82, 2.24) is 0 Å². The Kier molecular flexibility index (Phi) is 8.20. The van der Waals surface area contributed by atoms with Gasteiger partial charge in [-0.25, -0.2) is 0 Å². The monoisotopic (exact) mass is 166 g/mol. The number of rotatable bonds is 7. The Balaban J connectivity index is 3.57. The van der Waals surface area contributed by atoms with Gasteiger partial charge in [0.25, 0.3) is 0 Å². The van der Waals surface area contributed by atoms with Crippen molar-refractivity contribution in [1.29, 1.82) is 0 Å². The Morgan fingerprint density at radius 1 is 1.25 bits per heavy atom. The van der Waals surface area contributed by atoms with E-state index in [4.69, 9.17) is 0 Å². The molecule has 0 spiro atoms. The molecule has 0 heterocycles. The Hall–Kier alpha value is -0.520. The number of hydrogen-bond donors (Lipinski definition) is 0. The number of hydrogen-bond acceptors (Lipinski definition) is 0. The van der Waals surface area contributed by atoms with Crippen LogP contribution in [0.15, 0.2) is 24.8 Å². The summed E-state index contributed by atoms with van der Waals surface area (Å²) in [4.78, 5) is 0. The molecule has 0 saturated carbocycles. The molecule has 0 aromatic rings. The number of unbranched alkanes of at least 4 members (excludes halogenated alkanes) is 1. The summed E-state index contributed by atoms with van der Waals surface area (Å²) in [5.74, 6) is 0.773. The fourth-order valence-electron chi connectivity index (χ4n) is 1.22. The molecule has 0 aliphatic heterocycles. The first-order chi connectivity index (χ1) is 5.85. The molecule has 0 saturated heterocycles. The first kappa shape index (κ1) is 11.5. The molecule has 0 aromatic carbocycles. The maximum absolute atomic E-state index is 3.74. The predicted octanol–water partition coefficient (Wildman–Crippen LogP) is 4.34. The van der Waals surface area contributed by atoms with Crippen molar-refractivity contribution in [2.45, 2.75) is 46.0 Å². The summed E-state index contributed by atoms with van der Waals surface area (Å²) in [5, 5.41) is 0. The Morgan fingerprint density at radius 3 is 2.50 bits per heavy atom.